The minimum atomic E-state index is -2.64. The number of methoxy groups -OCH3 is 1. The molecule has 2 fully saturated rings. The summed E-state index contributed by atoms with van der Waals surface area (Å²) in [5.74, 6) is -0.736. The summed E-state index contributed by atoms with van der Waals surface area (Å²) in [6.45, 7) is 6.82. The van der Waals surface area contributed by atoms with E-state index in [0.717, 1.165) is 12.8 Å². The molecule has 0 radical (unpaired) electrons. The van der Waals surface area contributed by atoms with Crippen LogP contribution in [-0.2, 0) is 18.8 Å². The Morgan fingerprint density at radius 2 is 1.48 bits per heavy atom. The third-order valence-electron chi connectivity index (χ3n) is 7.16. The number of hydrogen-bond acceptors (Lipinski definition) is 4. The molecule has 164 valence electrons. The van der Waals surface area contributed by atoms with E-state index in [1.807, 2.05) is 12.1 Å². The standard InChI is InChI=1S/C26H32O4Si/c1-26(2,3)31(20-11-7-5-8-12-20,21-13-9-6-10-14-21)30-19-15-18-16-23(27)24(22(18)17-19)25(28)29-4/h5-14,18-19,22,24H,15-17H2,1-4H3. The highest BCUT2D eigenvalue weighted by molar-refractivity contribution is 6.99. The number of rotatable bonds is 5. The number of Topliss-reactive ketones (excluding diaryl/α,β-unsaturated/α-hetero) is 1. The van der Waals surface area contributed by atoms with Crippen molar-refractivity contribution < 1.29 is 18.8 Å². The lowest BCUT2D eigenvalue weighted by atomic mass is 9.92. The molecule has 2 aliphatic rings. The number of carbonyl (C=O) groups excluding carboxylic acids is 2. The first kappa shape index (κ1) is 22.0. The van der Waals surface area contributed by atoms with Crippen molar-refractivity contribution in [3.05, 3.63) is 60.7 Å². The van der Waals surface area contributed by atoms with Crippen LogP contribution < -0.4 is 10.4 Å². The summed E-state index contributed by atoms with van der Waals surface area (Å²) in [4.78, 5) is 24.7. The van der Waals surface area contributed by atoms with E-state index in [2.05, 4.69) is 69.3 Å². The Balaban J connectivity index is 1.72. The summed E-state index contributed by atoms with van der Waals surface area (Å²) in [6.07, 6.45) is 2.06. The van der Waals surface area contributed by atoms with Gasteiger partial charge in [-0.15, -0.1) is 0 Å². The SMILES string of the molecule is COC(=O)C1C(=O)CC2CC(O[Si](c3ccccc3)(c3ccccc3)C(C)(C)C)CC21. The average molecular weight is 437 g/mol. The van der Waals surface area contributed by atoms with Crippen LogP contribution >= 0.6 is 0 Å². The van der Waals surface area contributed by atoms with Crippen molar-refractivity contribution in [1.29, 1.82) is 0 Å². The maximum absolute atomic E-state index is 12.4. The Labute approximate surface area is 186 Å². The van der Waals surface area contributed by atoms with E-state index in [4.69, 9.17) is 9.16 Å². The van der Waals surface area contributed by atoms with Gasteiger partial charge in [-0.2, -0.15) is 0 Å². The second-order valence-corrected chi connectivity index (χ2v) is 14.2. The van der Waals surface area contributed by atoms with Crippen LogP contribution in [0, 0.1) is 17.8 Å². The lowest BCUT2D eigenvalue weighted by molar-refractivity contribution is -0.149. The van der Waals surface area contributed by atoms with Gasteiger partial charge in [0.25, 0.3) is 8.32 Å². The van der Waals surface area contributed by atoms with Crippen LogP contribution in [0.15, 0.2) is 60.7 Å². The van der Waals surface area contributed by atoms with Gasteiger partial charge in [0.15, 0.2) is 0 Å². The zero-order chi connectivity index (χ0) is 22.2. The number of fused-ring (bicyclic) bond motifs is 1. The van der Waals surface area contributed by atoms with Crippen LogP contribution in [0.1, 0.15) is 40.0 Å². The van der Waals surface area contributed by atoms with E-state index in [1.54, 1.807) is 0 Å². The van der Waals surface area contributed by atoms with Crippen molar-refractivity contribution in [1.82, 2.24) is 0 Å². The molecule has 0 amide bonds. The molecule has 31 heavy (non-hydrogen) atoms. The van der Waals surface area contributed by atoms with Crippen molar-refractivity contribution in [2.24, 2.45) is 17.8 Å². The fraction of sp³-hybridized carbons (Fsp3) is 0.462. The Kier molecular flexibility index (Phi) is 5.92. The summed E-state index contributed by atoms with van der Waals surface area (Å²) in [5, 5.41) is 2.42. The molecule has 0 saturated heterocycles. The molecule has 0 spiro atoms. The summed E-state index contributed by atoms with van der Waals surface area (Å²) >= 11 is 0. The molecule has 2 aromatic rings. The fourth-order valence-electron chi connectivity index (χ4n) is 5.84. The van der Waals surface area contributed by atoms with E-state index >= 15 is 0 Å². The Morgan fingerprint density at radius 3 is 1.97 bits per heavy atom. The minimum absolute atomic E-state index is 0.0292. The first-order chi connectivity index (χ1) is 14.8. The third kappa shape index (κ3) is 3.78. The smallest absolute Gasteiger partial charge is 0.316 e. The first-order valence-corrected chi connectivity index (χ1v) is 13.1. The number of carbonyl (C=O) groups is 2. The van der Waals surface area contributed by atoms with Gasteiger partial charge < -0.3 is 9.16 Å². The van der Waals surface area contributed by atoms with Gasteiger partial charge in [-0.25, -0.2) is 0 Å². The summed E-state index contributed by atoms with van der Waals surface area (Å²) in [7, 11) is -1.27. The molecule has 2 aromatic carbocycles. The number of hydrogen-bond donors (Lipinski definition) is 0. The van der Waals surface area contributed by atoms with Gasteiger partial charge >= 0.3 is 5.97 Å². The highest BCUT2D eigenvalue weighted by Crippen LogP contribution is 2.49. The van der Waals surface area contributed by atoms with Crippen molar-refractivity contribution in [2.75, 3.05) is 7.11 Å². The molecule has 4 rings (SSSR count). The number of ether oxygens (including phenoxy) is 1. The molecule has 0 bridgehead atoms. The van der Waals surface area contributed by atoms with Gasteiger partial charge in [0, 0.05) is 12.5 Å². The molecule has 2 aliphatic carbocycles. The van der Waals surface area contributed by atoms with E-state index in [-0.39, 0.29) is 34.7 Å². The molecule has 4 atom stereocenters. The van der Waals surface area contributed by atoms with E-state index < -0.39 is 14.2 Å². The molecule has 0 heterocycles. The van der Waals surface area contributed by atoms with Crippen molar-refractivity contribution in [2.45, 2.75) is 51.2 Å². The molecular weight excluding hydrogens is 404 g/mol. The number of benzene rings is 2. The van der Waals surface area contributed by atoms with Crippen LogP contribution in [0.2, 0.25) is 5.04 Å². The first-order valence-electron chi connectivity index (χ1n) is 11.2. The largest absolute Gasteiger partial charge is 0.468 e. The van der Waals surface area contributed by atoms with Crippen LogP contribution in [0.4, 0.5) is 0 Å². The number of esters is 1. The lowest BCUT2D eigenvalue weighted by Gasteiger charge is -2.45. The maximum atomic E-state index is 12.4. The Bertz CT molecular complexity index is 887. The quantitative estimate of drug-likeness (QED) is 0.407. The van der Waals surface area contributed by atoms with Crippen LogP contribution in [0.3, 0.4) is 0 Å². The molecular formula is C26H32O4Si. The lowest BCUT2D eigenvalue weighted by Crippen LogP contribution is -2.67. The topological polar surface area (TPSA) is 52.6 Å². The Hall–Kier alpha value is -2.24. The summed E-state index contributed by atoms with van der Waals surface area (Å²) < 4.78 is 12.2. The van der Waals surface area contributed by atoms with Gasteiger partial charge in [0.1, 0.15) is 11.7 Å². The van der Waals surface area contributed by atoms with Crippen molar-refractivity contribution >= 4 is 30.4 Å². The van der Waals surface area contributed by atoms with Crippen LogP contribution in [-0.4, -0.2) is 33.3 Å². The van der Waals surface area contributed by atoms with Gasteiger partial charge in [0.2, 0.25) is 0 Å². The van der Waals surface area contributed by atoms with Crippen molar-refractivity contribution in [3.63, 3.8) is 0 Å². The zero-order valence-corrected chi connectivity index (χ0v) is 19.8. The molecule has 4 unspecified atom stereocenters. The van der Waals surface area contributed by atoms with Gasteiger partial charge in [-0.05, 0) is 40.1 Å². The third-order valence-corrected chi connectivity index (χ3v) is 12.3. The molecule has 2 saturated carbocycles. The molecule has 4 nitrogen and oxygen atoms in total. The fourth-order valence-corrected chi connectivity index (χ4v) is 10.5. The highest BCUT2D eigenvalue weighted by Gasteiger charge is 2.56. The zero-order valence-electron chi connectivity index (χ0n) is 18.8. The average Bonchev–Trinajstić information content (AvgIpc) is 3.27. The molecule has 0 N–H and O–H groups in total. The molecule has 0 aromatic heterocycles. The van der Waals surface area contributed by atoms with E-state index in [1.165, 1.54) is 17.5 Å². The Morgan fingerprint density at radius 1 is 0.935 bits per heavy atom. The van der Waals surface area contributed by atoms with Crippen LogP contribution in [0.5, 0.6) is 0 Å². The highest BCUT2D eigenvalue weighted by atomic mass is 28.4. The van der Waals surface area contributed by atoms with Crippen LogP contribution in [0.25, 0.3) is 0 Å². The molecule has 5 heteroatoms. The van der Waals surface area contributed by atoms with E-state index in [0.29, 0.717) is 6.42 Å². The number of ketones is 1. The van der Waals surface area contributed by atoms with E-state index in [9.17, 15) is 9.59 Å². The minimum Gasteiger partial charge on any atom is -0.468 e. The van der Waals surface area contributed by atoms with Gasteiger partial charge in [-0.1, -0.05) is 81.4 Å². The van der Waals surface area contributed by atoms with Gasteiger partial charge in [-0.3, -0.25) is 9.59 Å². The maximum Gasteiger partial charge on any atom is 0.316 e. The second-order valence-electron chi connectivity index (χ2n) is 9.97. The molecule has 0 aliphatic heterocycles. The monoisotopic (exact) mass is 436 g/mol. The second kappa shape index (κ2) is 8.36. The summed E-state index contributed by atoms with van der Waals surface area (Å²) in [5.41, 5.74) is 0. The summed E-state index contributed by atoms with van der Waals surface area (Å²) in [6, 6.07) is 21.2. The normalized spacial score (nSPS) is 26.0. The predicted octanol–water partition coefficient (Wildman–Crippen LogP) is 3.72. The predicted molar refractivity (Wildman–Crippen MR) is 124 cm³/mol. The van der Waals surface area contributed by atoms with Crippen molar-refractivity contribution in [3.8, 4) is 0 Å². The van der Waals surface area contributed by atoms with Gasteiger partial charge in [0.05, 0.1) is 7.11 Å².